The second kappa shape index (κ2) is 13.8. The van der Waals surface area contributed by atoms with Gasteiger partial charge >= 0.3 is 0 Å². The first-order valence-electron chi connectivity index (χ1n) is 6.13. The summed E-state index contributed by atoms with van der Waals surface area (Å²) in [6.07, 6.45) is 0. The highest BCUT2D eigenvalue weighted by Crippen LogP contribution is 2.22. The van der Waals surface area contributed by atoms with Crippen LogP contribution in [-0.2, 0) is 0 Å². The van der Waals surface area contributed by atoms with Gasteiger partial charge in [-0.25, -0.2) is 0 Å². The zero-order valence-electron chi connectivity index (χ0n) is 11.8. The van der Waals surface area contributed by atoms with Gasteiger partial charge in [0.25, 0.3) is 15.5 Å². The summed E-state index contributed by atoms with van der Waals surface area (Å²) in [5.74, 6) is 5.81. The third-order valence-corrected chi connectivity index (χ3v) is 7.64. The molecule has 0 aliphatic rings. The summed E-state index contributed by atoms with van der Waals surface area (Å²) < 4.78 is 0. The van der Waals surface area contributed by atoms with Crippen molar-refractivity contribution in [2.24, 2.45) is 17.2 Å². The minimum absolute atomic E-state index is 0.417. The molecule has 6 nitrogen and oxygen atoms in total. The predicted molar refractivity (Wildman–Crippen MR) is 104 cm³/mol. The first kappa shape index (κ1) is 21.2. The second-order valence-corrected chi connectivity index (χ2v) is 9.77. The minimum atomic E-state index is 0.417. The topological polar surface area (TPSA) is 155 Å². The van der Waals surface area contributed by atoms with Gasteiger partial charge < -0.3 is 0 Å². The van der Waals surface area contributed by atoms with E-state index in [1.807, 2.05) is 23.5 Å². The second-order valence-electron chi connectivity index (χ2n) is 3.78. The molecule has 0 aromatic heterocycles. The molecule has 1 atom stereocenters. The van der Waals surface area contributed by atoms with E-state index in [1.54, 1.807) is 0 Å². The molecule has 0 saturated carbocycles. The standard InChI is InChI=1S/C10H22N6S5/c11-8(12)19-2-1-17-5-7(6-21-10(15)16)18-3-4-20-9(13)14/h7H,1-6H2,(H3,11,12)(H3,13,14)(H3,15,16)/p+3. The Morgan fingerprint density at radius 2 is 1.24 bits per heavy atom. The van der Waals surface area contributed by atoms with E-state index < -0.39 is 0 Å². The molecule has 0 heterocycles. The molecule has 0 spiro atoms. The highest BCUT2D eigenvalue weighted by Gasteiger charge is 2.12. The first-order valence-corrected chi connectivity index (χ1v) is 11.3. The summed E-state index contributed by atoms with van der Waals surface area (Å²) in [5.41, 5.74) is 16.3. The number of rotatable bonds is 11. The van der Waals surface area contributed by atoms with Gasteiger partial charge in [0.05, 0.1) is 0 Å². The predicted octanol–water partition coefficient (Wildman–Crippen LogP) is -3.76. The maximum absolute atomic E-state index is 5.51. The van der Waals surface area contributed by atoms with Crippen molar-refractivity contribution in [1.29, 1.82) is 0 Å². The monoisotopic (exact) mass is 389 g/mol. The van der Waals surface area contributed by atoms with Gasteiger partial charge in [0.2, 0.25) is 0 Å². The molecular formula is C10H25N6S5+3. The average molecular weight is 390 g/mol. The van der Waals surface area contributed by atoms with Crippen molar-refractivity contribution in [3.05, 3.63) is 0 Å². The van der Waals surface area contributed by atoms with Gasteiger partial charge in [0.1, 0.15) is 0 Å². The maximum Gasteiger partial charge on any atom is 0.299 e. The van der Waals surface area contributed by atoms with E-state index in [1.165, 1.54) is 35.3 Å². The molecule has 1 unspecified atom stereocenters. The molecule has 0 amide bonds. The van der Waals surface area contributed by atoms with Crippen molar-refractivity contribution in [1.82, 2.24) is 0 Å². The molecule has 12 N–H and O–H groups in total. The number of thioether (sulfide) groups is 5. The molecule has 122 valence electrons. The van der Waals surface area contributed by atoms with E-state index in [2.05, 4.69) is 0 Å². The Balaban J connectivity index is 3.87. The van der Waals surface area contributed by atoms with E-state index in [0.717, 1.165) is 34.5 Å². The zero-order chi connectivity index (χ0) is 16.1. The number of hydrogen-bond acceptors (Lipinski definition) is 5. The Morgan fingerprint density at radius 3 is 1.76 bits per heavy atom. The molecule has 0 aliphatic carbocycles. The quantitative estimate of drug-likeness (QED) is 0.120. The van der Waals surface area contributed by atoms with Gasteiger partial charge in [0, 0.05) is 39.8 Å². The van der Waals surface area contributed by atoms with E-state index >= 15 is 0 Å². The lowest BCUT2D eigenvalue weighted by Crippen LogP contribution is -2.43. The van der Waals surface area contributed by atoms with E-state index in [0.29, 0.717) is 20.8 Å². The Bertz CT molecular complexity index is 340. The van der Waals surface area contributed by atoms with Crippen LogP contribution < -0.4 is 33.4 Å². The summed E-state index contributed by atoms with van der Waals surface area (Å²) in [5, 5.41) is 18.1. The zero-order valence-corrected chi connectivity index (χ0v) is 15.9. The first-order chi connectivity index (χ1) is 9.91. The average Bonchev–Trinajstić information content (AvgIpc) is 2.38. The maximum atomic E-state index is 5.51. The van der Waals surface area contributed by atoms with Crippen LogP contribution in [-0.4, -0.2) is 55.3 Å². The van der Waals surface area contributed by atoms with Crippen LogP contribution >= 0.6 is 58.8 Å². The molecule has 0 bridgehead atoms. The number of amidine groups is 3. The summed E-state index contributed by atoms with van der Waals surface area (Å²) in [4.78, 5) is 0. The fraction of sp³-hybridized carbons (Fsp3) is 0.700. The SMILES string of the molecule is NC(=[NH2+])SCCSCC(CSC(N)=[NH2+])SCCSC(N)=[NH2+]. The van der Waals surface area contributed by atoms with Crippen LogP contribution in [0.15, 0.2) is 0 Å². The van der Waals surface area contributed by atoms with Gasteiger partial charge in [-0.2, -0.15) is 23.5 Å². The minimum Gasteiger partial charge on any atom is -0.282 e. The molecule has 0 fully saturated rings. The van der Waals surface area contributed by atoms with Crippen LogP contribution in [0.3, 0.4) is 0 Å². The number of hydrogen-bond donors (Lipinski definition) is 6. The molecule has 0 rings (SSSR count). The largest absolute Gasteiger partial charge is 0.299 e. The fourth-order valence-electron chi connectivity index (χ4n) is 1.14. The van der Waals surface area contributed by atoms with Crippen molar-refractivity contribution in [2.45, 2.75) is 5.25 Å². The van der Waals surface area contributed by atoms with Crippen LogP contribution in [0.5, 0.6) is 0 Å². The van der Waals surface area contributed by atoms with Crippen molar-refractivity contribution >= 4 is 74.3 Å². The molecule has 0 aromatic carbocycles. The lowest BCUT2D eigenvalue weighted by atomic mass is 10.5. The Hall–Kier alpha value is 0.160. The normalized spacial score (nSPS) is 12.0. The Labute approximate surface area is 147 Å². The van der Waals surface area contributed by atoms with E-state index in [4.69, 9.17) is 33.4 Å². The van der Waals surface area contributed by atoms with Gasteiger partial charge in [-0.1, -0.05) is 0 Å². The van der Waals surface area contributed by atoms with Crippen LogP contribution in [0.25, 0.3) is 0 Å². The summed E-state index contributed by atoms with van der Waals surface area (Å²) in [6, 6.07) is 0. The van der Waals surface area contributed by atoms with Gasteiger partial charge in [0.15, 0.2) is 0 Å². The molecule has 0 radical (unpaired) electrons. The van der Waals surface area contributed by atoms with Crippen molar-refractivity contribution < 1.29 is 16.2 Å². The summed E-state index contributed by atoms with van der Waals surface area (Å²) in [7, 11) is 0. The highest BCUT2D eigenvalue weighted by atomic mass is 32.2. The van der Waals surface area contributed by atoms with E-state index in [9.17, 15) is 0 Å². The Kier molecular flexibility index (Phi) is 13.9. The molecule has 0 aromatic rings. The summed E-state index contributed by atoms with van der Waals surface area (Å²) in [6.45, 7) is 0. The van der Waals surface area contributed by atoms with Gasteiger partial charge in [-0.3, -0.25) is 33.4 Å². The summed E-state index contributed by atoms with van der Waals surface area (Å²) >= 11 is 8.25. The fourth-order valence-corrected chi connectivity index (χ4v) is 5.92. The van der Waals surface area contributed by atoms with E-state index in [-0.39, 0.29) is 0 Å². The highest BCUT2D eigenvalue weighted by molar-refractivity contribution is 8.15. The molecule has 0 saturated heterocycles. The lowest BCUT2D eigenvalue weighted by Gasteiger charge is -2.14. The molecule has 21 heavy (non-hydrogen) atoms. The third-order valence-electron chi connectivity index (χ3n) is 1.94. The third kappa shape index (κ3) is 16.4. The van der Waals surface area contributed by atoms with Crippen molar-refractivity contribution in [3.8, 4) is 0 Å². The lowest BCUT2D eigenvalue weighted by molar-refractivity contribution is -0.110. The van der Waals surface area contributed by atoms with Crippen molar-refractivity contribution in [2.75, 3.05) is 34.5 Å². The van der Waals surface area contributed by atoms with Crippen LogP contribution in [0, 0.1) is 0 Å². The smallest absolute Gasteiger partial charge is 0.282 e. The number of nitrogens with two attached hydrogens (primary N) is 6. The van der Waals surface area contributed by atoms with Crippen LogP contribution in [0.4, 0.5) is 0 Å². The Morgan fingerprint density at radius 1 is 0.714 bits per heavy atom. The van der Waals surface area contributed by atoms with Crippen molar-refractivity contribution in [3.63, 3.8) is 0 Å². The van der Waals surface area contributed by atoms with Crippen LogP contribution in [0.1, 0.15) is 0 Å². The van der Waals surface area contributed by atoms with Gasteiger partial charge in [-0.15, -0.1) is 0 Å². The van der Waals surface area contributed by atoms with Crippen LogP contribution in [0.2, 0.25) is 0 Å². The van der Waals surface area contributed by atoms with Gasteiger partial charge in [-0.05, 0) is 35.3 Å². The molecular weight excluding hydrogens is 364 g/mol. The molecule has 11 heteroatoms. The molecule has 0 aliphatic heterocycles.